The van der Waals surface area contributed by atoms with Gasteiger partial charge in [-0.1, -0.05) is 0 Å². The molecule has 0 spiro atoms. The van der Waals surface area contributed by atoms with Crippen LogP contribution < -0.4 is 5.32 Å². The van der Waals surface area contributed by atoms with Crippen molar-refractivity contribution >= 4 is 17.6 Å². The van der Waals surface area contributed by atoms with Crippen molar-refractivity contribution in [2.24, 2.45) is 0 Å². The maximum Gasteiger partial charge on any atom is 0.129 e. The number of hydrogen-bond donors (Lipinski definition) is 1. The number of nitrogens with one attached hydrogen (secondary N) is 1. The predicted molar refractivity (Wildman–Crippen MR) is 78.2 cm³/mol. The summed E-state index contributed by atoms with van der Waals surface area (Å²) in [5, 5.41) is 3.52. The van der Waals surface area contributed by atoms with Gasteiger partial charge in [0.2, 0.25) is 0 Å². The number of rotatable bonds is 5. The summed E-state index contributed by atoms with van der Waals surface area (Å²) >= 11 is 1.93. The minimum Gasteiger partial charge on any atom is -0.367 e. The van der Waals surface area contributed by atoms with E-state index >= 15 is 0 Å². The fourth-order valence-electron chi connectivity index (χ4n) is 2.26. The van der Waals surface area contributed by atoms with Crippen LogP contribution in [0.15, 0.2) is 12.4 Å². The molecule has 2 heterocycles. The molecule has 0 bridgehead atoms. The molecule has 1 aliphatic rings. The first-order chi connectivity index (χ1) is 8.78. The molecule has 0 radical (unpaired) electrons. The second-order valence-electron chi connectivity index (χ2n) is 4.80. The van der Waals surface area contributed by atoms with E-state index in [1.54, 1.807) is 6.33 Å². The number of thioether (sulfide) groups is 1. The third-order valence-electron chi connectivity index (χ3n) is 3.36. The second kappa shape index (κ2) is 6.95. The van der Waals surface area contributed by atoms with Gasteiger partial charge in [-0.25, -0.2) is 9.97 Å². The Morgan fingerprint density at radius 1 is 1.39 bits per heavy atom. The lowest BCUT2D eigenvalue weighted by Crippen LogP contribution is -2.40. The largest absolute Gasteiger partial charge is 0.367 e. The quantitative estimate of drug-likeness (QED) is 0.883. The molecule has 4 nitrogen and oxygen atoms in total. The van der Waals surface area contributed by atoms with E-state index in [0.29, 0.717) is 6.04 Å². The van der Waals surface area contributed by atoms with Gasteiger partial charge in [0, 0.05) is 43.2 Å². The minimum absolute atomic E-state index is 0.560. The molecule has 0 unspecified atom stereocenters. The van der Waals surface area contributed by atoms with Crippen LogP contribution >= 0.6 is 11.8 Å². The van der Waals surface area contributed by atoms with Crippen LogP contribution in [0.4, 0.5) is 5.82 Å². The summed E-state index contributed by atoms with van der Waals surface area (Å²) in [4.78, 5) is 10.9. The van der Waals surface area contributed by atoms with E-state index in [4.69, 9.17) is 0 Å². The Morgan fingerprint density at radius 2 is 2.17 bits per heavy atom. The van der Waals surface area contributed by atoms with Crippen LogP contribution in [0.3, 0.4) is 0 Å². The molecule has 2 rings (SSSR count). The van der Waals surface area contributed by atoms with Crippen molar-refractivity contribution in [3.63, 3.8) is 0 Å². The number of aromatic nitrogens is 2. The summed E-state index contributed by atoms with van der Waals surface area (Å²) in [6.07, 6.45) is 6.21. The van der Waals surface area contributed by atoms with Gasteiger partial charge in [-0.3, -0.25) is 0 Å². The lowest BCUT2D eigenvalue weighted by molar-refractivity contribution is 0.231. The van der Waals surface area contributed by atoms with Gasteiger partial charge in [-0.15, -0.1) is 0 Å². The molecule has 5 heteroatoms. The molecular weight excluding hydrogens is 244 g/mol. The average molecular weight is 266 g/mol. The highest BCUT2D eigenvalue weighted by Gasteiger charge is 2.18. The average Bonchev–Trinajstić information content (AvgIpc) is 2.38. The summed E-state index contributed by atoms with van der Waals surface area (Å²) in [5.41, 5.74) is 1.02. The smallest absolute Gasteiger partial charge is 0.129 e. The molecule has 1 saturated heterocycles. The molecule has 1 aliphatic heterocycles. The molecule has 18 heavy (non-hydrogen) atoms. The van der Waals surface area contributed by atoms with Gasteiger partial charge in [0.05, 0.1) is 0 Å². The highest BCUT2D eigenvalue weighted by molar-refractivity contribution is 7.98. The molecule has 0 aromatic carbocycles. The van der Waals surface area contributed by atoms with E-state index in [2.05, 4.69) is 26.4 Å². The Labute approximate surface area is 114 Å². The molecule has 100 valence electrons. The predicted octanol–water partition coefficient (Wildman–Crippen LogP) is 2.02. The number of nitrogens with zero attached hydrogens (tertiary/aromatic N) is 3. The van der Waals surface area contributed by atoms with E-state index < -0.39 is 0 Å². The molecule has 0 amide bonds. The van der Waals surface area contributed by atoms with E-state index in [1.165, 1.54) is 38.2 Å². The van der Waals surface area contributed by atoms with Gasteiger partial charge in [-0.05, 0) is 26.0 Å². The number of likely N-dealkylation sites (tertiary alicyclic amines) is 1. The lowest BCUT2D eigenvalue weighted by atomic mass is 10.1. The first kappa shape index (κ1) is 13.6. The molecule has 0 atom stereocenters. The first-order valence-corrected chi connectivity index (χ1v) is 7.94. The first-order valence-electron chi connectivity index (χ1n) is 6.54. The maximum absolute atomic E-state index is 4.26. The zero-order valence-electron chi connectivity index (χ0n) is 11.2. The summed E-state index contributed by atoms with van der Waals surface area (Å²) in [7, 11) is 0. The summed E-state index contributed by atoms with van der Waals surface area (Å²) in [5.74, 6) is 2.20. The zero-order chi connectivity index (χ0) is 12.8. The van der Waals surface area contributed by atoms with Crippen LogP contribution in [0, 0.1) is 6.92 Å². The molecule has 1 fully saturated rings. The van der Waals surface area contributed by atoms with Crippen LogP contribution in [0.1, 0.15) is 18.5 Å². The molecule has 1 aromatic heterocycles. The highest BCUT2D eigenvalue weighted by Crippen LogP contribution is 2.15. The Morgan fingerprint density at radius 3 is 2.83 bits per heavy atom. The highest BCUT2D eigenvalue weighted by atomic mass is 32.2. The number of aryl methyl sites for hydroxylation is 1. The standard InChI is InChI=1S/C13H22N4S/c1-11-9-13(15-10-14-11)16-12-3-5-17(6-4-12)7-8-18-2/h9-10,12H,3-8H2,1-2H3,(H,14,15,16). The van der Waals surface area contributed by atoms with Gasteiger partial charge in [0.1, 0.15) is 12.1 Å². The molecule has 1 N–H and O–H groups in total. The molecule has 1 aromatic rings. The second-order valence-corrected chi connectivity index (χ2v) is 5.78. The van der Waals surface area contributed by atoms with Crippen molar-refractivity contribution < 1.29 is 0 Å². The van der Waals surface area contributed by atoms with Gasteiger partial charge >= 0.3 is 0 Å². The van der Waals surface area contributed by atoms with Crippen LogP contribution in [0.2, 0.25) is 0 Å². The maximum atomic E-state index is 4.26. The summed E-state index contributed by atoms with van der Waals surface area (Å²) < 4.78 is 0. The number of hydrogen-bond acceptors (Lipinski definition) is 5. The fraction of sp³-hybridized carbons (Fsp3) is 0.692. The Balaban J connectivity index is 1.76. The van der Waals surface area contributed by atoms with Crippen LogP contribution in [0.25, 0.3) is 0 Å². The van der Waals surface area contributed by atoms with E-state index in [1.807, 2.05) is 24.8 Å². The van der Waals surface area contributed by atoms with Gasteiger partial charge in [0.15, 0.2) is 0 Å². The van der Waals surface area contributed by atoms with Gasteiger partial charge < -0.3 is 10.2 Å². The Hall–Kier alpha value is -0.810. The summed E-state index contributed by atoms with van der Waals surface area (Å²) in [6.45, 7) is 5.61. The van der Waals surface area contributed by atoms with Crippen molar-refractivity contribution in [3.8, 4) is 0 Å². The number of anilines is 1. The van der Waals surface area contributed by atoms with E-state index in [-0.39, 0.29) is 0 Å². The lowest BCUT2D eigenvalue weighted by Gasteiger charge is -2.32. The van der Waals surface area contributed by atoms with Gasteiger partial charge in [0.25, 0.3) is 0 Å². The molecule has 0 aliphatic carbocycles. The fourth-order valence-corrected chi connectivity index (χ4v) is 2.70. The van der Waals surface area contributed by atoms with Crippen LogP contribution in [-0.4, -0.2) is 52.6 Å². The zero-order valence-corrected chi connectivity index (χ0v) is 12.0. The van der Waals surface area contributed by atoms with Crippen molar-refractivity contribution in [2.45, 2.75) is 25.8 Å². The van der Waals surface area contributed by atoms with Crippen LogP contribution in [0.5, 0.6) is 0 Å². The van der Waals surface area contributed by atoms with Crippen molar-refractivity contribution in [1.29, 1.82) is 0 Å². The summed E-state index contributed by atoms with van der Waals surface area (Å²) in [6, 6.07) is 2.57. The molecule has 0 saturated carbocycles. The third-order valence-corrected chi connectivity index (χ3v) is 3.95. The normalized spacial score (nSPS) is 17.9. The topological polar surface area (TPSA) is 41.0 Å². The van der Waals surface area contributed by atoms with E-state index in [0.717, 1.165) is 11.5 Å². The van der Waals surface area contributed by atoms with Crippen molar-refractivity contribution in [1.82, 2.24) is 14.9 Å². The Bertz CT molecular complexity index is 364. The Kier molecular flexibility index (Phi) is 5.26. The van der Waals surface area contributed by atoms with Crippen molar-refractivity contribution in [2.75, 3.05) is 37.0 Å². The van der Waals surface area contributed by atoms with Crippen LogP contribution in [-0.2, 0) is 0 Å². The monoisotopic (exact) mass is 266 g/mol. The minimum atomic E-state index is 0.560. The van der Waals surface area contributed by atoms with Crippen molar-refractivity contribution in [3.05, 3.63) is 18.1 Å². The third kappa shape index (κ3) is 4.14. The van der Waals surface area contributed by atoms with Gasteiger partial charge in [-0.2, -0.15) is 11.8 Å². The molecular formula is C13H22N4S. The number of piperidine rings is 1. The SMILES string of the molecule is CSCCN1CCC(Nc2cc(C)ncn2)CC1. The van der Waals surface area contributed by atoms with E-state index in [9.17, 15) is 0 Å².